The van der Waals surface area contributed by atoms with Crippen molar-refractivity contribution in [2.24, 2.45) is 0 Å². The van der Waals surface area contributed by atoms with E-state index in [4.69, 9.17) is 27.9 Å². The first kappa shape index (κ1) is 16.2. The normalized spacial score (nSPS) is 12.2. The van der Waals surface area contributed by atoms with Crippen molar-refractivity contribution >= 4 is 23.2 Å². The van der Waals surface area contributed by atoms with E-state index in [1.807, 2.05) is 18.2 Å². The van der Waals surface area contributed by atoms with Crippen molar-refractivity contribution in [2.45, 2.75) is 26.3 Å². The molecular formula is C17H19Cl2NO. The van der Waals surface area contributed by atoms with Crippen LogP contribution in [0.1, 0.15) is 31.9 Å². The maximum atomic E-state index is 6.02. The van der Waals surface area contributed by atoms with E-state index in [1.54, 1.807) is 18.2 Å². The van der Waals surface area contributed by atoms with Gasteiger partial charge in [0.25, 0.3) is 0 Å². The van der Waals surface area contributed by atoms with Crippen LogP contribution in [0.3, 0.4) is 0 Å². The van der Waals surface area contributed by atoms with Gasteiger partial charge in [-0.3, -0.25) is 0 Å². The van der Waals surface area contributed by atoms with Crippen molar-refractivity contribution < 1.29 is 4.74 Å². The number of hydrogen-bond donors (Lipinski definition) is 1. The summed E-state index contributed by atoms with van der Waals surface area (Å²) in [7, 11) is 0. The molecule has 2 aromatic rings. The Hall–Kier alpha value is -1.22. The van der Waals surface area contributed by atoms with E-state index in [1.165, 1.54) is 0 Å². The highest BCUT2D eigenvalue weighted by Crippen LogP contribution is 2.33. The van der Waals surface area contributed by atoms with Gasteiger partial charge in [0.05, 0.1) is 0 Å². The van der Waals surface area contributed by atoms with Crippen LogP contribution in [0.5, 0.6) is 11.5 Å². The molecule has 0 aliphatic rings. The Balaban J connectivity index is 2.31. The monoisotopic (exact) mass is 323 g/mol. The summed E-state index contributed by atoms with van der Waals surface area (Å²) in [6, 6.07) is 13.5. The molecule has 4 heteroatoms. The molecule has 1 unspecified atom stereocenters. The van der Waals surface area contributed by atoms with Gasteiger partial charge < -0.3 is 10.1 Å². The molecule has 2 aromatic carbocycles. The number of halogens is 2. The second-order valence-corrected chi connectivity index (χ2v) is 5.64. The lowest BCUT2D eigenvalue weighted by atomic mass is 10.0. The molecule has 1 atom stereocenters. The molecule has 1 N–H and O–H groups in total. The molecule has 0 aromatic heterocycles. The predicted molar refractivity (Wildman–Crippen MR) is 89.7 cm³/mol. The Morgan fingerprint density at radius 3 is 2.33 bits per heavy atom. The van der Waals surface area contributed by atoms with Crippen LogP contribution in [0, 0.1) is 0 Å². The fourth-order valence-electron chi connectivity index (χ4n) is 2.30. The van der Waals surface area contributed by atoms with Crippen LogP contribution in [0.15, 0.2) is 42.5 Å². The van der Waals surface area contributed by atoms with Crippen molar-refractivity contribution in [1.29, 1.82) is 0 Å². The molecule has 2 nitrogen and oxygen atoms in total. The van der Waals surface area contributed by atoms with Crippen molar-refractivity contribution in [2.75, 3.05) is 6.54 Å². The summed E-state index contributed by atoms with van der Waals surface area (Å²) in [6.45, 7) is 5.17. The lowest BCUT2D eigenvalue weighted by Crippen LogP contribution is -2.20. The van der Waals surface area contributed by atoms with E-state index in [0.29, 0.717) is 15.8 Å². The van der Waals surface area contributed by atoms with E-state index in [-0.39, 0.29) is 6.04 Å². The van der Waals surface area contributed by atoms with Gasteiger partial charge in [0.1, 0.15) is 11.5 Å². The molecule has 0 radical (unpaired) electrons. The number of rotatable bonds is 6. The van der Waals surface area contributed by atoms with E-state index in [2.05, 4.69) is 25.2 Å². The van der Waals surface area contributed by atoms with Gasteiger partial charge in [-0.2, -0.15) is 0 Å². The zero-order chi connectivity index (χ0) is 15.2. The first-order chi connectivity index (χ1) is 10.1. The van der Waals surface area contributed by atoms with Crippen LogP contribution in [-0.2, 0) is 0 Å². The number of para-hydroxylation sites is 1. The summed E-state index contributed by atoms with van der Waals surface area (Å²) >= 11 is 12.0. The third-order valence-corrected chi connectivity index (χ3v) is 3.65. The lowest BCUT2D eigenvalue weighted by molar-refractivity contribution is 0.453. The quantitative estimate of drug-likeness (QED) is 0.720. The highest BCUT2D eigenvalue weighted by atomic mass is 35.5. The Morgan fingerprint density at radius 2 is 1.71 bits per heavy atom. The second kappa shape index (κ2) is 7.69. The van der Waals surface area contributed by atoms with E-state index < -0.39 is 0 Å². The summed E-state index contributed by atoms with van der Waals surface area (Å²) in [4.78, 5) is 0. The van der Waals surface area contributed by atoms with Gasteiger partial charge in [-0.05, 0) is 37.2 Å². The maximum absolute atomic E-state index is 6.02. The number of ether oxygens (including phenoxy) is 1. The lowest BCUT2D eigenvalue weighted by Gasteiger charge is -2.20. The van der Waals surface area contributed by atoms with Crippen molar-refractivity contribution in [3.8, 4) is 11.5 Å². The van der Waals surface area contributed by atoms with Gasteiger partial charge in [-0.15, -0.1) is 0 Å². The average Bonchev–Trinajstić information content (AvgIpc) is 2.44. The SMILES string of the molecule is CCNC(CC)c1ccccc1Oc1cc(Cl)cc(Cl)c1. The molecule has 0 spiro atoms. The number of nitrogens with one attached hydrogen (secondary N) is 1. The fraction of sp³-hybridized carbons (Fsp3) is 0.294. The summed E-state index contributed by atoms with van der Waals surface area (Å²) in [6.07, 6.45) is 0.991. The van der Waals surface area contributed by atoms with Crippen LogP contribution in [0.25, 0.3) is 0 Å². The van der Waals surface area contributed by atoms with Gasteiger partial charge in [-0.25, -0.2) is 0 Å². The molecule has 0 amide bonds. The Bertz CT molecular complexity index is 581. The molecule has 21 heavy (non-hydrogen) atoms. The van der Waals surface area contributed by atoms with E-state index >= 15 is 0 Å². The smallest absolute Gasteiger partial charge is 0.132 e. The Morgan fingerprint density at radius 1 is 1.05 bits per heavy atom. The van der Waals surface area contributed by atoms with Gasteiger partial charge in [0.15, 0.2) is 0 Å². The molecular weight excluding hydrogens is 305 g/mol. The molecule has 112 valence electrons. The van der Waals surface area contributed by atoms with Gasteiger partial charge in [0, 0.05) is 21.7 Å². The van der Waals surface area contributed by atoms with Gasteiger partial charge >= 0.3 is 0 Å². The minimum Gasteiger partial charge on any atom is -0.457 e. The highest BCUT2D eigenvalue weighted by molar-refractivity contribution is 6.34. The van der Waals surface area contributed by atoms with Gasteiger partial charge in [0.2, 0.25) is 0 Å². The first-order valence-corrected chi connectivity index (χ1v) is 7.85. The average molecular weight is 324 g/mol. The first-order valence-electron chi connectivity index (χ1n) is 7.10. The molecule has 0 fully saturated rings. The Labute approximate surface area is 136 Å². The minimum atomic E-state index is 0.265. The predicted octanol–water partition coefficient (Wildman–Crippen LogP) is 5.85. The van der Waals surface area contributed by atoms with E-state index in [0.717, 1.165) is 24.3 Å². The van der Waals surface area contributed by atoms with Crippen molar-refractivity contribution in [1.82, 2.24) is 5.32 Å². The molecule has 0 aliphatic heterocycles. The Kier molecular flexibility index (Phi) is 5.92. The summed E-state index contributed by atoms with van der Waals surface area (Å²) in [5.74, 6) is 1.47. The van der Waals surface area contributed by atoms with Crippen LogP contribution in [0.4, 0.5) is 0 Å². The molecule has 0 heterocycles. The van der Waals surface area contributed by atoms with Crippen LogP contribution < -0.4 is 10.1 Å². The maximum Gasteiger partial charge on any atom is 0.132 e. The molecule has 0 bridgehead atoms. The highest BCUT2D eigenvalue weighted by Gasteiger charge is 2.14. The topological polar surface area (TPSA) is 21.3 Å². The summed E-state index contributed by atoms with van der Waals surface area (Å²) in [5, 5.41) is 4.59. The third-order valence-electron chi connectivity index (χ3n) is 3.22. The largest absolute Gasteiger partial charge is 0.457 e. The van der Waals surface area contributed by atoms with Crippen molar-refractivity contribution in [3.63, 3.8) is 0 Å². The third kappa shape index (κ3) is 4.37. The zero-order valence-corrected chi connectivity index (χ0v) is 13.7. The summed E-state index contributed by atoms with van der Waals surface area (Å²) in [5.41, 5.74) is 1.14. The molecule has 0 saturated heterocycles. The number of benzene rings is 2. The standard InChI is InChI=1S/C17H19Cl2NO/c1-3-16(20-4-2)15-7-5-6-8-17(15)21-14-10-12(18)9-13(19)11-14/h5-11,16,20H,3-4H2,1-2H3. The molecule has 2 rings (SSSR count). The zero-order valence-electron chi connectivity index (χ0n) is 12.2. The molecule has 0 aliphatic carbocycles. The van der Waals surface area contributed by atoms with E-state index in [9.17, 15) is 0 Å². The van der Waals surface area contributed by atoms with Crippen LogP contribution in [0.2, 0.25) is 10.0 Å². The van der Waals surface area contributed by atoms with Crippen LogP contribution in [-0.4, -0.2) is 6.54 Å². The second-order valence-electron chi connectivity index (χ2n) is 4.76. The van der Waals surface area contributed by atoms with Crippen LogP contribution >= 0.6 is 23.2 Å². The molecule has 0 saturated carbocycles. The number of hydrogen-bond acceptors (Lipinski definition) is 2. The summed E-state index contributed by atoms with van der Waals surface area (Å²) < 4.78 is 5.99. The minimum absolute atomic E-state index is 0.265. The van der Waals surface area contributed by atoms with Crippen molar-refractivity contribution in [3.05, 3.63) is 58.1 Å². The van der Waals surface area contributed by atoms with Gasteiger partial charge in [-0.1, -0.05) is 55.2 Å². The fourth-order valence-corrected chi connectivity index (χ4v) is 2.80.